The van der Waals surface area contributed by atoms with Gasteiger partial charge < -0.3 is 5.32 Å². The smallest absolute Gasteiger partial charge is 0.166 e. The lowest BCUT2D eigenvalue weighted by molar-refractivity contribution is 0.264. The second-order valence-corrected chi connectivity index (χ2v) is 8.58. The van der Waals surface area contributed by atoms with Crippen molar-refractivity contribution in [3.05, 3.63) is 0 Å². The molecule has 6 heteroatoms. The van der Waals surface area contributed by atoms with Crippen LogP contribution in [0.15, 0.2) is 0 Å². The van der Waals surface area contributed by atoms with Crippen molar-refractivity contribution in [1.29, 1.82) is 0 Å². The Hall–Kier alpha value is 0.220. The van der Waals surface area contributed by atoms with E-state index < -0.39 is 9.84 Å². The zero-order valence-electron chi connectivity index (χ0n) is 11.7. The van der Waals surface area contributed by atoms with Gasteiger partial charge in [-0.3, -0.25) is 4.90 Å². The molecule has 1 aliphatic rings. The second kappa shape index (κ2) is 7.72. The highest BCUT2D eigenvalue weighted by molar-refractivity contribution is 8.01. The van der Waals surface area contributed by atoms with Crippen LogP contribution in [0.5, 0.6) is 0 Å². The van der Waals surface area contributed by atoms with E-state index in [1.165, 1.54) is 0 Å². The molecule has 1 rings (SSSR count). The third-order valence-electron chi connectivity index (χ3n) is 3.18. The van der Waals surface area contributed by atoms with Crippen LogP contribution in [0.4, 0.5) is 0 Å². The fourth-order valence-corrected chi connectivity index (χ4v) is 5.18. The summed E-state index contributed by atoms with van der Waals surface area (Å²) in [5, 5.41) is 3.11. The summed E-state index contributed by atoms with van der Waals surface area (Å²) in [5.41, 5.74) is 0. The summed E-state index contributed by atoms with van der Waals surface area (Å²) in [6.45, 7) is 8.73. The number of hydrogen-bond donors (Lipinski definition) is 1. The van der Waals surface area contributed by atoms with Gasteiger partial charge in [0.15, 0.2) is 9.84 Å². The van der Waals surface area contributed by atoms with Crippen molar-refractivity contribution in [2.75, 3.05) is 36.9 Å². The van der Waals surface area contributed by atoms with Gasteiger partial charge in [-0.2, -0.15) is 11.8 Å². The van der Waals surface area contributed by atoms with Crippen LogP contribution in [0.3, 0.4) is 0 Å². The van der Waals surface area contributed by atoms with Crippen LogP contribution in [0.1, 0.15) is 27.2 Å². The number of hydrogen-bond acceptors (Lipinski definition) is 5. The van der Waals surface area contributed by atoms with Crippen molar-refractivity contribution in [1.82, 2.24) is 10.2 Å². The van der Waals surface area contributed by atoms with E-state index in [9.17, 15) is 8.42 Å². The molecule has 1 saturated heterocycles. The van der Waals surface area contributed by atoms with Crippen molar-refractivity contribution >= 4 is 21.6 Å². The molecule has 0 spiro atoms. The van der Waals surface area contributed by atoms with Crippen LogP contribution in [-0.2, 0) is 9.84 Å². The van der Waals surface area contributed by atoms with E-state index in [1.54, 1.807) is 18.7 Å². The molecule has 18 heavy (non-hydrogen) atoms. The largest absolute Gasteiger partial charge is 0.314 e. The van der Waals surface area contributed by atoms with Crippen LogP contribution in [-0.4, -0.2) is 61.6 Å². The quantitative estimate of drug-likeness (QED) is 0.715. The first-order valence-electron chi connectivity index (χ1n) is 6.74. The van der Waals surface area contributed by atoms with E-state index in [0.717, 1.165) is 37.6 Å². The SMILES string of the molecule is CCS(=O)(=O)C1CSCCN1CCCNC(C)C. The Balaban J connectivity index is 2.45. The molecule has 0 saturated carbocycles. The Morgan fingerprint density at radius 1 is 1.44 bits per heavy atom. The lowest BCUT2D eigenvalue weighted by Crippen LogP contribution is -2.48. The topological polar surface area (TPSA) is 49.4 Å². The molecule has 108 valence electrons. The second-order valence-electron chi connectivity index (χ2n) is 4.98. The Labute approximate surface area is 116 Å². The van der Waals surface area contributed by atoms with Crippen LogP contribution < -0.4 is 5.32 Å². The monoisotopic (exact) mass is 294 g/mol. The Bertz CT molecular complexity index is 331. The minimum atomic E-state index is -2.94. The Morgan fingerprint density at radius 2 is 2.17 bits per heavy atom. The van der Waals surface area contributed by atoms with Crippen molar-refractivity contribution in [2.24, 2.45) is 0 Å². The molecule has 0 amide bonds. The summed E-state index contributed by atoms with van der Waals surface area (Å²) in [4.78, 5) is 2.15. The summed E-state index contributed by atoms with van der Waals surface area (Å²) in [6.07, 6.45) is 1.01. The zero-order valence-corrected chi connectivity index (χ0v) is 13.3. The minimum absolute atomic E-state index is 0.249. The van der Waals surface area contributed by atoms with E-state index in [2.05, 4.69) is 24.1 Å². The van der Waals surface area contributed by atoms with Gasteiger partial charge in [0.25, 0.3) is 0 Å². The Morgan fingerprint density at radius 3 is 2.78 bits per heavy atom. The summed E-state index contributed by atoms with van der Waals surface area (Å²) in [7, 11) is -2.94. The molecule has 0 radical (unpaired) electrons. The Kier molecular flexibility index (Phi) is 6.98. The predicted octanol–water partition coefficient (Wildman–Crippen LogP) is 1.18. The van der Waals surface area contributed by atoms with Crippen molar-refractivity contribution in [3.63, 3.8) is 0 Å². The van der Waals surface area contributed by atoms with Gasteiger partial charge in [0, 0.05) is 36.4 Å². The van der Waals surface area contributed by atoms with Gasteiger partial charge in [-0.05, 0) is 13.0 Å². The van der Waals surface area contributed by atoms with Crippen LogP contribution >= 0.6 is 11.8 Å². The van der Waals surface area contributed by atoms with E-state index in [4.69, 9.17) is 0 Å². The van der Waals surface area contributed by atoms with Crippen LogP contribution in [0, 0.1) is 0 Å². The number of nitrogens with zero attached hydrogens (tertiary/aromatic N) is 1. The maximum absolute atomic E-state index is 12.0. The summed E-state index contributed by atoms with van der Waals surface area (Å²) in [5.74, 6) is 2.03. The molecule has 0 aromatic rings. The molecule has 1 heterocycles. The van der Waals surface area contributed by atoms with Gasteiger partial charge in [0.2, 0.25) is 0 Å². The molecule has 1 aliphatic heterocycles. The molecule has 0 aromatic carbocycles. The molecule has 1 unspecified atom stereocenters. The molecule has 0 aliphatic carbocycles. The lowest BCUT2D eigenvalue weighted by atomic mass is 10.3. The van der Waals surface area contributed by atoms with E-state index in [-0.39, 0.29) is 11.1 Å². The van der Waals surface area contributed by atoms with Gasteiger partial charge in [-0.1, -0.05) is 20.8 Å². The maximum atomic E-state index is 12.0. The lowest BCUT2D eigenvalue weighted by Gasteiger charge is -2.34. The van der Waals surface area contributed by atoms with E-state index in [1.807, 2.05) is 0 Å². The normalized spacial score (nSPS) is 22.6. The predicted molar refractivity (Wildman–Crippen MR) is 79.9 cm³/mol. The number of rotatable bonds is 7. The van der Waals surface area contributed by atoms with Crippen molar-refractivity contribution in [3.8, 4) is 0 Å². The van der Waals surface area contributed by atoms with Crippen LogP contribution in [0.25, 0.3) is 0 Å². The molecule has 0 aromatic heterocycles. The first-order valence-corrected chi connectivity index (χ1v) is 9.61. The van der Waals surface area contributed by atoms with Gasteiger partial charge in [0.1, 0.15) is 5.37 Å². The average Bonchev–Trinajstić information content (AvgIpc) is 2.35. The van der Waals surface area contributed by atoms with Crippen molar-refractivity contribution in [2.45, 2.75) is 38.6 Å². The van der Waals surface area contributed by atoms with Crippen molar-refractivity contribution < 1.29 is 8.42 Å². The highest BCUT2D eigenvalue weighted by Crippen LogP contribution is 2.21. The minimum Gasteiger partial charge on any atom is -0.314 e. The molecular formula is C12H26N2O2S2. The average molecular weight is 294 g/mol. The van der Waals surface area contributed by atoms with E-state index >= 15 is 0 Å². The molecule has 4 nitrogen and oxygen atoms in total. The van der Waals surface area contributed by atoms with Crippen LogP contribution in [0.2, 0.25) is 0 Å². The van der Waals surface area contributed by atoms with E-state index in [0.29, 0.717) is 6.04 Å². The molecular weight excluding hydrogens is 268 g/mol. The molecule has 1 N–H and O–H groups in total. The highest BCUT2D eigenvalue weighted by atomic mass is 32.2. The fraction of sp³-hybridized carbons (Fsp3) is 1.00. The standard InChI is InChI=1S/C12H26N2O2S2/c1-4-18(15,16)12-10-17-9-8-14(12)7-5-6-13-11(2)3/h11-13H,4-10H2,1-3H3. The number of thioether (sulfide) groups is 1. The zero-order chi connectivity index (χ0) is 13.6. The first kappa shape index (κ1) is 16.3. The van der Waals surface area contributed by atoms with Gasteiger partial charge >= 0.3 is 0 Å². The summed E-state index contributed by atoms with van der Waals surface area (Å²) in [6, 6.07) is 0.497. The maximum Gasteiger partial charge on any atom is 0.166 e. The molecule has 0 bridgehead atoms. The third kappa shape index (κ3) is 5.07. The number of sulfone groups is 1. The summed E-state index contributed by atoms with van der Waals surface area (Å²) < 4.78 is 24.1. The summed E-state index contributed by atoms with van der Waals surface area (Å²) >= 11 is 1.76. The first-order chi connectivity index (χ1) is 8.47. The molecule has 1 atom stereocenters. The van der Waals surface area contributed by atoms with Gasteiger partial charge in [0.05, 0.1) is 0 Å². The third-order valence-corrected chi connectivity index (χ3v) is 6.51. The van der Waals surface area contributed by atoms with Gasteiger partial charge in [-0.15, -0.1) is 0 Å². The van der Waals surface area contributed by atoms with Gasteiger partial charge in [-0.25, -0.2) is 8.42 Å². The fourth-order valence-electron chi connectivity index (χ4n) is 2.07. The highest BCUT2D eigenvalue weighted by Gasteiger charge is 2.32. The molecule has 1 fully saturated rings. The number of nitrogens with one attached hydrogen (secondary N) is 1.